The lowest BCUT2D eigenvalue weighted by atomic mass is 9.78. The highest BCUT2D eigenvalue weighted by Crippen LogP contribution is 2.37. The first kappa shape index (κ1) is 56.3. The third-order valence-electron chi connectivity index (χ3n) is 12.8. The molecule has 1 aliphatic rings. The average molecular weight is 967 g/mol. The van der Waals surface area contributed by atoms with E-state index in [1.54, 1.807) is 6.92 Å². The number of hydrogen-bond acceptors (Lipinski definition) is 13. The zero-order valence-corrected chi connectivity index (χ0v) is 42.3. The SMILES string of the molecule is C=C(C)C(=O)OCCCc1cc(-c2ccc(-c3ccc(CCC4CCC(CCCCC)CC4)cc3)cc2)c(CC)cc1OCC(COC(=O)CC(=O)OC)(COC(=O)CC(=O)OC)COC(=O)C(=C)C. The minimum Gasteiger partial charge on any atom is -0.492 e. The number of esters is 6. The van der Waals surface area contributed by atoms with Gasteiger partial charge in [-0.05, 0) is 109 Å². The summed E-state index contributed by atoms with van der Waals surface area (Å²) in [6.45, 7) is 12.8. The summed E-state index contributed by atoms with van der Waals surface area (Å²) >= 11 is 0. The quantitative estimate of drug-likeness (QED) is 0.0212. The van der Waals surface area contributed by atoms with Crippen LogP contribution in [0.1, 0.15) is 121 Å². The van der Waals surface area contributed by atoms with Crippen LogP contribution in [-0.4, -0.2) is 83.1 Å². The van der Waals surface area contributed by atoms with Crippen molar-refractivity contribution in [3.8, 4) is 28.0 Å². The van der Waals surface area contributed by atoms with Crippen molar-refractivity contribution in [2.45, 2.75) is 124 Å². The van der Waals surface area contributed by atoms with Gasteiger partial charge in [0.05, 0.1) is 20.8 Å². The number of hydrogen-bond donors (Lipinski definition) is 0. The van der Waals surface area contributed by atoms with Gasteiger partial charge in [-0.3, -0.25) is 19.2 Å². The minimum atomic E-state index is -1.57. The molecule has 0 radical (unpaired) electrons. The molecule has 70 heavy (non-hydrogen) atoms. The number of methoxy groups -OCH3 is 2. The zero-order chi connectivity index (χ0) is 51.1. The van der Waals surface area contributed by atoms with Crippen LogP contribution in [0.2, 0.25) is 0 Å². The molecule has 0 amide bonds. The van der Waals surface area contributed by atoms with E-state index in [4.69, 9.17) is 23.7 Å². The summed E-state index contributed by atoms with van der Waals surface area (Å²) in [6.07, 6.45) is 13.3. The maximum Gasteiger partial charge on any atom is 0.333 e. The Morgan fingerprint density at radius 3 is 1.61 bits per heavy atom. The second-order valence-electron chi connectivity index (χ2n) is 18.7. The molecule has 0 heterocycles. The van der Waals surface area contributed by atoms with Gasteiger partial charge in [-0.2, -0.15) is 0 Å². The van der Waals surface area contributed by atoms with Crippen molar-refractivity contribution in [3.05, 3.63) is 102 Å². The van der Waals surface area contributed by atoms with Crippen molar-refractivity contribution in [1.29, 1.82) is 0 Å². The van der Waals surface area contributed by atoms with E-state index in [0.717, 1.165) is 65.9 Å². The Bertz CT molecular complexity index is 2200. The molecule has 0 atom stereocenters. The average Bonchev–Trinajstić information content (AvgIpc) is 3.36. The number of carbonyl (C=O) groups is 6. The number of ether oxygens (including phenoxy) is 7. The molecular weight excluding hydrogens is 893 g/mol. The normalized spacial score (nSPS) is 14.4. The molecule has 1 aliphatic carbocycles. The monoisotopic (exact) mass is 967 g/mol. The highest BCUT2D eigenvalue weighted by Gasteiger charge is 2.38. The first-order valence-corrected chi connectivity index (χ1v) is 24.7. The van der Waals surface area contributed by atoms with Crippen LogP contribution in [0.3, 0.4) is 0 Å². The summed E-state index contributed by atoms with van der Waals surface area (Å²) in [5, 5.41) is 0. The Balaban J connectivity index is 1.61. The van der Waals surface area contributed by atoms with Crippen molar-refractivity contribution < 1.29 is 61.9 Å². The molecule has 0 saturated heterocycles. The molecular formula is C57H74O13. The van der Waals surface area contributed by atoms with Gasteiger partial charge in [-0.15, -0.1) is 0 Å². The Hall–Kier alpha value is -6.24. The third kappa shape index (κ3) is 18.6. The van der Waals surface area contributed by atoms with Crippen molar-refractivity contribution in [2.75, 3.05) is 47.3 Å². The summed E-state index contributed by atoms with van der Waals surface area (Å²) in [5.41, 5.74) is 6.03. The van der Waals surface area contributed by atoms with Crippen LogP contribution in [0, 0.1) is 17.3 Å². The maximum atomic E-state index is 12.8. The molecule has 1 fully saturated rings. The standard InChI is InChI=1S/C57H74O13/c1-9-11-12-14-41-16-18-42(19-17-41)20-21-43-22-24-45(25-23-43)46-26-28-47(29-27-46)49-31-48(15-13-30-66-55(62)39(3)4)50(32-44(49)10-2)67-35-57(38-70-56(63)40(5)6,36-68-53(60)33-51(58)64-7)37-69-54(61)34-52(59)65-8/h22-29,31-32,41-42H,3,5,9-21,30,33-38H2,1-2,4,6-8H3. The predicted molar refractivity (Wildman–Crippen MR) is 268 cm³/mol. The first-order valence-electron chi connectivity index (χ1n) is 24.7. The lowest BCUT2D eigenvalue weighted by molar-refractivity contribution is -0.165. The lowest BCUT2D eigenvalue weighted by Crippen LogP contribution is -2.44. The van der Waals surface area contributed by atoms with Crippen molar-refractivity contribution >= 4 is 35.8 Å². The summed E-state index contributed by atoms with van der Waals surface area (Å²) in [6, 6.07) is 21.3. The fraction of sp³-hybridized carbons (Fsp3) is 0.509. The molecule has 4 rings (SSSR count). The highest BCUT2D eigenvalue weighted by molar-refractivity contribution is 5.92. The van der Waals surface area contributed by atoms with Crippen LogP contribution in [-0.2, 0) is 76.5 Å². The van der Waals surface area contributed by atoms with Gasteiger partial charge < -0.3 is 33.2 Å². The maximum absolute atomic E-state index is 12.8. The van der Waals surface area contributed by atoms with Gasteiger partial charge in [0, 0.05) is 11.1 Å². The van der Waals surface area contributed by atoms with Crippen LogP contribution in [0.15, 0.2) is 85.0 Å². The number of carbonyl (C=O) groups excluding carboxylic acids is 6. The first-order chi connectivity index (χ1) is 33.6. The van der Waals surface area contributed by atoms with E-state index in [2.05, 4.69) is 78.1 Å². The molecule has 3 aromatic rings. The van der Waals surface area contributed by atoms with E-state index < -0.39 is 73.9 Å². The number of unbranched alkanes of at least 4 members (excludes halogenated alkanes) is 2. The molecule has 0 aliphatic heterocycles. The summed E-state index contributed by atoms with van der Waals surface area (Å²) in [5.74, 6) is -2.69. The van der Waals surface area contributed by atoms with E-state index in [-0.39, 0.29) is 24.4 Å². The second-order valence-corrected chi connectivity index (χ2v) is 18.7. The smallest absolute Gasteiger partial charge is 0.333 e. The Labute approximate surface area is 414 Å². The molecule has 3 aromatic carbocycles. The van der Waals surface area contributed by atoms with E-state index in [0.29, 0.717) is 25.0 Å². The second kappa shape index (κ2) is 29.1. The minimum absolute atomic E-state index is 0.0786. The number of rotatable bonds is 29. The van der Waals surface area contributed by atoms with E-state index in [1.165, 1.54) is 70.3 Å². The van der Waals surface area contributed by atoms with Gasteiger partial charge in [0.1, 0.15) is 50.4 Å². The van der Waals surface area contributed by atoms with Gasteiger partial charge >= 0.3 is 35.8 Å². The fourth-order valence-electron chi connectivity index (χ4n) is 8.45. The lowest BCUT2D eigenvalue weighted by Gasteiger charge is -2.32. The van der Waals surface area contributed by atoms with Crippen LogP contribution in [0.5, 0.6) is 5.75 Å². The largest absolute Gasteiger partial charge is 0.492 e. The van der Waals surface area contributed by atoms with Crippen LogP contribution >= 0.6 is 0 Å². The summed E-state index contributed by atoms with van der Waals surface area (Å²) < 4.78 is 37.7. The molecule has 0 bridgehead atoms. The molecule has 1 saturated carbocycles. The van der Waals surface area contributed by atoms with E-state index in [9.17, 15) is 28.8 Å². The van der Waals surface area contributed by atoms with Crippen molar-refractivity contribution in [2.24, 2.45) is 17.3 Å². The summed E-state index contributed by atoms with van der Waals surface area (Å²) in [4.78, 5) is 74.4. The zero-order valence-electron chi connectivity index (χ0n) is 42.3. The molecule has 0 N–H and O–H groups in total. The molecule has 13 nitrogen and oxygen atoms in total. The topological polar surface area (TPSA) is 167 Å². The van der Waals surface area contributed by atoms with Gasteiger partial charge in [0.2, 0.25) is 0 Å². The van der Waals surface area contributed by atoms with E-state index >= 15 is 0 Å². The Kier molecular flexibility index (Phi) is 23.4. The third-order valence-corrected chi connectivity index (χ3v) is 12.8. The van der Waals surface area contributed by atoms with Gasteiger partial charge in [0.25, 0.3) is 0 Å². The van der Waals surface area contributed by atoms with Gasteiger partial charge in [-0.25, -0.2) is 9.59 Å². The summed E-state index contributed by atoms with van der Waals surface area (Å²) in [7, 11) is 2.25. The van der Waals surface area contributed by atoms with Crippen molar-refractivity contribution in [3.63, 3.8) is 0 Å². The number of benzene rings is 3. The Morgan fingerprint density at radius 1 is 0.571 bits per heavy atom. The van der Waals surface area contributed by atoms with Crippen LogP contribution < -0.4 is 4.74 Å². The molecule has 0 unspecified atom stereocenters. The Morgan fingerprint density at radius 2 is 1.09 bits per heavy atom. The van der Waals surface area contributed by atoms with Crippen molar-refractivity contribution in [1.82, 2.24) is 0 Å². The number of aryl methyl sites for hydroxylation is 3. The van der Waals surface area contributed by atoms with Crippen LogP contribution in [0.4, 0.5) is 0 Å². The predicted octanol–water partition coefficient (Wildman–Crippen LogP) is 10.7. The van der Waals surface area contributed by atoms with Gasteiger partial charge in [-0.1, -0.05) is 127 Å². The molecule has 13 heteroatoms. The molecule has 0 aromatic heterocycles. The molecule has 0 spiro atoms. The highest BCUT2D eigenvalue weighted by atomic mass is 16.6. The van der Waals surface area contributed by atoms with E-state index in [1.807, 2.05) is 19.1 Å². The molecule has 380 valence electrons. The fourth-order valence-corrected chi connectivity index (χ4v) is 8.45. The van der Waals surface area contributed by atoms with Crippen LogP contribution in [0.25, 0.3) is 22.3 Å². The van der Waals surface area contributed by atoms with Gasteiger partial charge in [0.15, 0.2) is 0 Å².